The lowest BCUT2D eigenvalue weighted by atomic mass is 9.77. The minimum absolute atomic E-state index is 0.0298. The second-order valence-corrected chi connectivity index (χ2v) is 5.46. The average molecular weight is 226 g/mol. The third kappa shape index (κ3) is 1.84. The van der Waals surface area contributed by atoms with Crippen molar-refractivity contribution in [2.75, 3.05) is 19.7 Å². The maximum Gasteiger partial charge on any atom is 0.239 e. The van der Waals surface area contributed by atoms with E-state index in [0.29, 0.717) is 6.54 Å². The average Bonchev–Trinajstić information content (AvgIpc) is 2.86. The Labute approximate surface area is 96.8 Å². The summed E-state index contributed by atoms with van der Waals surface area (Å²) in [5.74, 6) is 0.292. The van der Waals surface area contributed by atoms with Crippen molar-refractivity contribution in [2.24, 2.45) is 17.1 Å². The largest absolute Gasteiger partial charge is 0.396 e. The summed E-state index contributed by atoms with van der Waals surface area (Å²) in [5, 5.41) is 9.46. The van der Waals surface area contributed by atoms with Crippen LogP contribution in [0.1, 0.15) is 32.6 Å². The van der Waals surface area contributed by atoms with Gasteiger partial charge in [0.05, 0.1) is 6.04 Å². The van der Waals surface area contributed by atoms with Gasteiger partial charge in [0.2, 0.25) is 5.91 Å². The zero-order valence-electron chi connectivity index (χ0n) is 9.98. The van der Waals surface area contributed by atoms with Crippen LogP contribution in [-0.4, -0.2) is 41.7 Å². The summed E-state index contributed by atoms with van der Waals surface area (Å²) in [6, 6.07) is -0.420. The van der Waals surface area contributed by atoms with Crippen molar-refractivity contribution in [1.82, 2.24) is 4.90 Å². The van der Waals surface area contributed by atoms with Gasteiger partial charge in [-0.3, -0.25) is 4.79 Å². The highest BCUT2D eigenvalue weighted by molar-refractivity contribution is 5.81. The van der Waals surface area contributed by atoms with Crippen molar-refractivity contribution in [3.63, 3.8) is 0 Å². The highest BCUT2D eigenvalue weighted by Crippen LogP contribution is 2.48. The second kappa shape index (κ2) is 4.34. The first kappa shape index (κ1) is 11.9. The Balaban J connectivity index is 2.10. The number of nitrogens with zero attached hydrogens (tertiary/aromatic N) is 1. The van der Waals surface area contributed by atoms with E-state index in [9.17, 15) is 9.90 Å². The summed E-state index contributed by atoms with van der Waals surface area (Å²) < 4.78 is 0. The Bertz CT molecular complexity index is 272. The van der Waals surface area contributed by atoms with Gasteiger partial charge in [-0.05, 0) is 25.2 Å². The predicted octanol–water partition coefficient (Wildman–Crippen LogP) is 0.345. The number of likely N-dealkylation sites (tertiary alicyclic amines) is 1. The van der Waals surface area contributed by atoms with E-state index in [-0.39, 0.29) is 23.8 Å². The SMILES string of the molecule is C[C@@H](N)C(=O)N1C[C@@H](CO)C2(CCCC2)C1. The van der Waals surface area contributed by atoms with Crippen molar-refractivity contribution in [2.45, 2.75) is 38.6 Å². The Kier molecular flexibility index (Phi) is 3.22. The molecule has 1 saturated heterocycles. The molecule has 1 aliphatic heterocycles. The molecule has 0 bridgehead atoms. The number of rotatable bonds is 2. The van der Waals surface area contributed by atoms with E-state index in [1.165, 1.54) is 12.8 Å². The van der Waals surface area contributed by atoms with Crippen LogP contribution >= 0.6 is 0 Å². The molecule has 2 fully saturated rings. The first-order chi connectivity index (χ1) is 7.59. The zero-order valence-corrected chi connectivity index (χ0v) is 9.98. The summed E-state index contributed by atoms with van der Waals surface area (Å²) >= 11 is 0. The molecule has 4 nitrogen and oxygen atoms in total. The van der Waals surface area contributed by atoms with Crippen LogP contribution in [0.4, 0.5) is 0 Å². The molecule has 2 aliphatic rings. The molecule has 0 unspecified atom stereocenters. The molecule has 16 heavy (non-hydrogen) atoms. The third-order valence-corrected chi connectivity index (χ3v) is 4.33. The third-order valence-electron chi connectivity index (χ3n) is 4.33. The van der Waals surface area contributed by atoms with Gasteiger partial charge in [0.25, 0.3) is 0 Å². The number of carbonyl (C=O) groups is 1. The van der Waals surface area contributed by atoms with E-state index >= 15 is 0 Å². The minimum Gasteiger partial charge on any atom is -0.396 e. The number of aliphatic hydroxyl groups excluding tert-OH is 1. The van der Waals surface area contributed by atoms with Crippen molar-refractivity contribution >= 4 is 5.91 Å². The smallest absolute Gasteiger partial charge is 0.239 e. The van der Waals surface area contributed by atoms with E-state index in [0.717, 1.165) is 19.4 Å². The molecule has 1 heterocycles. The molecular formula is C12H22N2O2. The van der Waals surface area contributed by atoms with E-state index < -0.39 is 6.04 Å². The van der Waals surface area contributed by atoms with Crippen molar-refractivity contribution in [3.05, 3.63) is 0 Å². The Hall–Kier alpha value is -0.610. The molecule has 2 atom stereocenters. The Morgan fingerprint density at radius 1 is 1.56 bits per heavy atom. The zero-order chi connectivity index (χ0) is 11.8. The van der Waals surface area contributed by atoms with Crippen molar-refractivity contribution < 1.29 is 9.90 Å². The van der Waals surface area contributed by atoms with Gasteiger partial charge in [0.15, 0.2) is 0 Å². The predicted molar refractivity (Wildman–Crippen MR) is 61.7 cm³/mol. The van der Waals surface area contributed by atoms with E-state index in [2.05, 4.69) is 0 Å². The maximum absolute atomic E-state index is 11.9. The topological polar surface area (TPSA) is 66.6 Å². The molecule has 0 aromatic heterocycles. The fourth-order valence-corrected chi connectivity index (χ4v) is 3.39. The quantitative estimate of drug-likeness (QED) is 0.714. The summed E-state index contributed by atoms with van der Waals surface area (Å²) in [5.41, 5.74) is 5.83. The molecule has 0 aromatic carbocycles. The van der Waals surface area contributed by atoms with E-state index in [1.807, 2.05) is 4.90 Å². The number of hydrogen-bond donors (Lipinski definition) is 2. The molecule has 1 aliphatic carbocycles. The molecule has 1 saturated carbocycles. The first-order valence-corrected chi connectivity index (χ1v) is 6.24. The molecule has 0 aromatic rings. The molecule has 2 rings (SSSR count). The highest BCUT2D eigenvalue weighted by Gasteiger charge is 2.48. The van der Waals surface area contributed by atoms with Gasteiger partial charge in [0.1, 0.15) is 0 Å². The lowest BCUT2D eigenvalue weighted by molar-refractivity contribution is -0.131. The van der Waals surface area contributed by atoms with Crippen LogP contribution in [0.25, 0.3) is 0 Å². The molecule has 1 spiro atoms. The standard InChI is InChI=1S/C12H22N2O2/c1-9(13)11(16)14-6-10(7-15)12(8-14)4-2-3-5-12/h9-10,15H,2-8,13H2,1H3/t9-,10+/m1/s1. The summed E-state index contributed by atoms with van der Waals surface area (Å²) in [7, 11) is 0. The van der Waals surface area contributed by atoms with Gasteiger partial charge in [-0.15, -0.1) is 0 Å². The number of nitrogens with two attached hydrogens (primary N) is 1. The molecule has 92 valence electrons. The Morgan fingerprint density at radius 2 is 2.19 bits per heavy atom. The second-order valence-electron chi connectivity index (χ2n) is 5.46. The van der Waals surface area contributed by atoms with Crippen LogP contribution in [0.2, 0.25) is 0 Å². The summed E-state index contributed by atoms with van der Waals surface area (Å²) in [6.07, 6.45) is 4.77. The Morgan fingerprint density at radius 3 is 2.69 bits per heavy atom. The lowest BCUT2D eigenvalue weighted by Crippen LogP contribution is -2.41. The van der Waals surface area contributed by atoms with Crippen LogP contribution in [-0.2, 0) is 4.79 Å². The van der Waals surface area contributed by atoms with Gasteiger partial charge in [-0.1, -0.05) is 12.8 Å². The molecular weight excluding hydrogens is 204 g/mol. The van der Waals surface area contributed by atoms with Gasteiger partial charge in [-0.2, -0.15) is 0 Å². The molecule has 4 heteroatoms. The fourth-order valence-electron chi connectivity index (χ4n) is 3.39. The van der Waals surface area contributed by atoms with Gasteiger partial charge >= 0.3 is 0 Å². The summed E-state index contributed by atoms with van der Waals surface area (Å²) in [4.78, 5) is 13.7. The monoisotopic (exact) mass is 226 g/mol. The number of aliphatic hydroxyl groups is 1. The van der Waals surface area contributed by atoms with Crippen LogP contribution in [0.5, 0.6) is 0 Å². The maximum atomic E-state index is 11.9. The van der Waals surface area contributed by atoms with Crippen LogP contribution in [0.15, 0.2) is 0 Å². The molecule has 3 N–H and O–H groups in total. The number of amides is 1. The normalized spacial score (nSPS) is 29.9. The molecule has 1 amide bonds. The van der Waals surface area contributed by atoms with E-state index in [4.69, 9.17) is 5.73 Å². The van der Waals surface area contributed by atoms with Gasteiger partial charge in [-0.25, -0.2) is 0 Å². The van der Waals surface area contributed by atoms with Crippen LogP contribution in [0, 0.1) is 11.3 Å². The minimum atomic E-state index is -0.420. The number of carbonyl (C=O) groups excluding carboxylic acids is 1. The van der Waals surface area contributed by atoms with E-state index in [1.54, 1.807) is 6.92 Å². The summed E-state index contributed by atoms with van der Waals surface area (Å²) in [6.45, 7) is 3.42. The van der Waals surface area contributed by atoms with Crippen LogP contribution in [0.3, 0.4) is 0 Å². The lowest BCUT2D eigenvalue weighted by Gasteiger charge is -2.28. The van der Waals surface area contributed by atoms with Crippen molar-refractivity contribution in [1.29, 1.82) is 0 Å². The fraction of sp³-hybridized carbons (Fsp3) is 0.917. The molecule has 0 radical (unpaired) electrons. The van der Waals surface area contributed by atoms with Gasteiger partial charge < -0.3 is 15.7 Å². The highest BCUT2D eigenvalue weighted by atomic mass is 16.3. The van der Waals surface area contributed by atoms with Crippen LogP contribution < -0.4 is 5.73 Å². The van der Waals surface area contributed by atoms with Gasteiger partial charge in [0, 0.05) is 25.6 Å². The first-order valence-electron chi connectivity index (χ1n) is 6.24. The van der Waals surface area contributed by atoms with Crippen molar-refractivity contribution in [3.8, 4) is 0 Å². The number of hydrogen-bond acceptors (Lipinski definition) is 3.